The zero-order valence-electron chi connectivity index (χ0n) is 16.3. The van der Waals surface area contributed by atoms with E-state index in [1.165, 1.54) is 0 Å². The quantitative estimate of drug-likeness (QED) is 0.733. The fourth-order valence-electron chi connectivity index (χ4n) is 4.56. The lowest BCUT2D eigenvalue weighted by atomic mass is 9.42. The van der Waals surface area contributed by atoms with Crippen molar-refractivity contribution in [2.75, 3.05) is 14.2 Å². The number of ether oxygens (including phenoxy) is 2. The Kier molecular flexibility index (Phi) is 4.43. The van der Waals surface area contributed by atoms with Crippen LogP contribution in [-0.2, 0) is 10.2 Å². The van der Waals surface area contributed by atoms with Crippen molar-refractivity contribution in [3.05, 3.63) is 70.8 Å². The first kappa shape index (κ1) is 18.2. The summed E-state index contributed by atoms with van der Waals surface area (Å²) in [5.74, 6) is 1.74. The number of hydrogen-bond acceptors (Lipinski definition) is 3. The van der Waals surface area contributed by atoms with Crippen LogP contribution in [0.25, 0.3) is 0 Å². The molecule has 3 rings (SSSR count). The van der Waals surface area contributed by atoms with E-state index in [1.54, 1.807) is 14.2 Å². The van der Waals surface area contributed by atoms with Crippen molar-refractivity contribution < 1.29 is 14.3 Å². The lowest BCUT2D eigenvalue weighted by Crippen LogP contribution is -2.62. The van der Waals surface area contributed by atoms with Gasteiger partial charge in [0, 0.05) is 11.0 Å². The van der Waals surface area contributed by atoms with Gasteiger partial charge in [0.15, 0.2) is 5.78 Å². The number of hydrogen-bond donors (Lipinski definition) is 0. The molecule has 0 heterocycles. The van der Waals surface area contributed by atoms with Crippen LogP contribution in [0.5, 0.6) is 11.5 Å². The van der Waals surface area contributed by atoms with Crippen molar-refractivity contribution >= 4 is 5.78 Å². The van der Waals surface area contributed by atoms with E-state index in [0.717, 1.165) is 33.8 Å². The number of Topliss-reactive ketones (excluding diaryl/α,β-unsaturated/α-hetero) is 1. The van der Waals surface area contributed by atoms with Crippen LogP contribution in [-0.4, -0.2) is 20.0 Å². The zero-order chi connectivity index (χ0) is 19.1. The molecule has 0 bridgehead atoms. The average Bonchev–Trinajstić information content (AvgIpc) is 2.62. The molecule has 0 spiro atoms. The molecule has 1 aliphatic rings. The Balaban J connectivity index is 2.26. The summed E-state index contributed by atoms with van der Waals surface area (Å²) >= 11 is 0. The number of ketones is 1. The number of allylic oxidation sites excluding steroid dienone is 2. The van der Waals surface area contributed by atoms with E-state index in [2.05, 4.69) is 13.8 Å². The van der Waals surface area contributed by atoms with Crippen LogP contribution in [0.2, 0.25) is 0 Å². The molecule has 3 nitrogen and oxygen atoms in total. The molecule has 0 radical (unpaired) electrons. The molecule has 1 saturated carbocycles. The van der Waals surface area contributed by atoms with Gasteiger partial charge in [-0.25, -0.2) is 0 Å². The van der Waals surface area contributed by atoms with Crippen molar-refractivity contribution in [2.24, 2.45) is 5.41 Å². The number of methoxy groups -OCH3 is 2. The third-order valence-electron chi connectivity index (χ3n) is 5.68. The Hall–Kier alpha value is -2.55. The summed E-state index contributed by atoms with van der Waals surface area (Å²) in [6.45, 7) is 8.35. The first-order valence-corrected chi connectivity index (χ1v) is 8.82. The van der Waals surface area contributed by atoms with Crippen LogP contribution in [0.15, 0.2) is 59.7 Å². The number of carbonyl (C=O) groups is 1. The summed E-state index contributed by atoms with van der Waals surface area (Å²) in [6.07, 6.45) is 0. The van der Waals surface area contributed by atoms with Crippen LogP contribution in [0.1, 0.15) is 38.8 Å². The predicted molar refractivity (Wildman–Crippen MR) is 104 cm³/mol. The second-order valence-electron chi connectivity index (χ2n) is 7.54. The standard InChI is InChI=1S/C23H26O3/c1-15(2)20-21(24)23(22(20,3)4,16-7-11-18(25-5)12-8-16)17-9-13-19(26-6)14-10-17/h7-14H,1-6H3. The fourth-order valence-corrected chi connectivity index (χ4v) is 4.56. The Bertz CT molecular complexity index is 804. The van der Waals surface area contributed by atoms with E-state index in [0.29, 0.717) is 0 Å². The lowest BCUT2D eigenvalue weighted by molar-refractivity contribution is -0.131. The highest BCUT2D eigenvalue weighted by atomic mass is 16.5. The molecule has 136 valence electrons. The van der Waals surface area contributed by atoms with Crippen molar-refractivity contribution in [2.45, 2.75) is 33.1 Å². The lowest BCUT2D eigenvalue weighted by Gasteiger charge is -2.57. The average molecular weight is 350 g/mol. The van der Waals surface area contributed by atoms with Crippen molar-refractivity contribution in [1.82, 2.24) is 0 Å². The minimum absolute atomic E-state index is 0.179. The summed E-state index contributed by atoms with van der Waals surface area (Å²) in [6, 6.07) is 15.7. The van der Waals surface area contributed by atoms with Gasteiger partial charge in [-0.1, -0.05) is 43.7 Å². The van der Waals surface area contributed by atoms with E-state index >= 15 is 0 Å². The number of benzene rings is 2. The molecule has 0 aromatic heterocycles. The molecule has 0 N–H and O–H groups in total. The van der Waals surface area contributed by atoms with Gasteiger partial charge in [-0.3, -0.25) is 4.79 Å². The monoisotopic (exact) mass is 350 g/mol. The van der Waals surface area contributed by atoms with Crippen molar-refractivity contribution in [3.8, 4) is 11.5 Å². The van der Waals surface area contributed by atoms with Gasteiger partial charge >= 0.3 is 0 Å². The summed E-state index contributed by atoms with van der Waals surface area (Å²) < 4.78 is 10.6. The molecule has 3 heteroatoms. The number of rotatable bonds is 4. The van der Waals surface area contributed by atoms with Crippen LogP contribution in [0.4, 0.5) is 0 Å². The second kappa shape index (κ2) is 6.31. The molecule has 0 saturated heterocycles. The summed E-state index contributed by atoms with van der Waals surface area (Å²) in [5, 5.41) is 0. The van der Waals surface area contributed by atoms with Crippen molar-refractivity contribution in [1.29, 1.82) is 0 Å². The Morgan fingerprint density at radius 3 is 1.42 bits per heavy atom. The highest BCUT2D eigenvalue weighted by molar-refractivity contribution is 6.16. The molecule has 0 aliphatic heterocycles. The first-order valence-electron chi connectivity index (χ1n) is 8.82. The van der Waals surface area contributed by atoms with Gasteiger partial charge in [0.05, 0.1) is 19.6 Å². The Labute approximate surface area is 155 Å². The van der Waals surface area contributed by atoms with Crippen LogP contribution in [0, 0.1) is 5.41 Å². The maximum atomic E-state index is 13.5. The smallest absolute Gasteiger partial charge is 0.175 e. The van der Waals surface area contributed by atoms with E-state index < -0.39 is 5.41 Å². The largest absolute Gasteiger partial charge is 0.497 e. The van der Waals surface area contributed by atoms with Crippen LogP contribution >= 0.6 is 0 Å². The topological polar surface area (TPSA) is 35.5 Å². The number of carbonyl (C=O) groups excluding carboxylic acids is 1. The fraction of sp³-hybridized carbons (Fsp3) is 0.348. The van der Waals surface area contributed by atoms with E-state index in [9.17, 15) is 4.79 Å². The van der Waals surface area contributed by atoms with E-state index in [1.807, 2.05) is 62.4 Å². The van der Waals surface area contributed by atoms with Gasteiger partial charge in [0.2, 0.25) is 0 Å². The van der Waals surface area contributed by atoms with Gasteiger partial charge in [-0.2, -0.15) is 0 Å². The summed E-state index contributed by atoms with van der Waals surface area (Å²) in [5.41, 5.74) is 2.96. The maximum Gasteiger partial charge on any atom is 0.175 e. The zero-order valence-corrected chi connectivity index (χ0v) is 16.3. The second-order valence-corrected chi connectivity index (χ2v) is 7.54. The maximum absolute atomic E-state index is 13.5. The van der Waals surface area contributed by atoms with Gasteiger partial charge in [-0.05, 0) is 49.2 Å². The molecule has 26 heavy (non-hydrogen) atoms. The molecule has 1 fully saturated rings. The van der Waals surface area contributed by atoms with E-state index in [4.69, 9.17) is 9.47 Å². The van der Waals surface area contributed by atoms with Crippen molar-refractivity contribution in [3.63, 3.8) is 0 Å². The predicted octanol–water partition coefficient (Wildman–Crippen LogP) is 4.94. The van der Waals surface area contributed by atoms with Gasteiger partial charge in [0.1, 0.15) is 11.5 Å². The third kappa shape index (κ3) is 2.30. The van der Waals surface area contributed by atoms with Gasteiger partial charge in [-0.15, -0.1) is 0 Å². The van der Waals surface area contributed by atoms with Crippen LogP contribution < -0.4 is 9.47 Å². The normalized spacial score (nSPS) is 17.5. The molecule has 1 aliphatic carbocycles. The minimum Gasteiger partial charge on any atom is -0.497 e. The van der Waals surface area contributed by atoms with E-state index in [-0.39, 0.29) is 11.2 Å². The first-order chi connectivity index (χ1) is 12.3. The SMILES string of the molecule is COc1ccc(C2(c3ccc(OC)cc3)C(=O)C(=C(C)C)C2(C)C)cc1. The summed E-state index contributed by atoms with van der Waals surface area (Å²) in [4.78, 5) is 13.5. The molecule has 0 unspecified atom stereocenters. The van der Waals surface area contributed by atoms with Gasteiger partial charge in [0.25, 0.3) is 0 Å². The molecule has 2 aromatic carbocycles. The minimum atomic E-state index is -0.710. The summed E-state index contributed by atoms with van der Waals surface area (Å²) in [7, 11) is 3.29. The molecule has 2 aromatic rings. The molecular weight excluding hydrogens is 324 g/mol. The van der Waals surface area contributed by atoms with Gasteiger partial charge < -0.3 is 9.47 Å². The molecular formula is C23H26O3. The highest BCUT2D eigenvalue weighted by Gasteiger charge is 2.66. The molecule has 0 atom stereocenters. The van der Waals surface area contributed by atoms with Crippen LogP contribution in [0.3, 0.4) is 0 Å². The molecule has 0 amide bonds. The highest BCUT2D eigenvalue weighted by Crippen LogP contribution is 2.62. The third-order valence-corrected chi connectivity index (χ3v) is 5.68. The Morgan fingerprint density at radius 1 is 0.769 bits per heavy atom. The Morgan fingerprint density at radius 2 is 1.15 bits per heavy atom.